The molecule has 1 atom stereocenters. The molecule has 1 heterocycles. The SMILES string of the molecule is CCc1cc(CC)n(CC(NC)c2ccccc2OC)n1. The summed E-state index contributed by atoms with van der Waals surface area (Å²) >= 11 is 0. The van der Waals surface area contributed by atoms with Crippen LogP contribution in [0.4, 0.5) is 0 Å². The van der Waals surface area contributed by atoms with Crippen LogP contribution in [0.25, 0.3) is 0 Å². The van der Waals surface area contributed by atoms with Crippen molar-refractivity contribution in [3.8, 4) is 5.75 Å². The Morgan fingerprint density at radius 3 is 2.62 bits per heavy atom. The summed E-state index contributed by atoms with van der Waals surface area (Å²) in [7, 11) is 3.69. The van der Waals surface area contributed by atoms with E-state index in [0.717, 1.165) is 36.4 Å². The fraction of sp³-hybridized carbons (Fsp3) is 0.471. The Morgan fingerprint density at radius 2 is 2.00 bits per heavy atom. The second kappa shape index (κ2) is 7.27. The predicted octanol–water partition coefficient (Wildman–Crippen LogP) is 2.98. The zero-order chi connectivity index (χ0) is 15.2. The molecule has 2 rings (SSSR count). The molecule has 0 spiro atoms. The van der Waals surface area contributed by atoms with E-state index < -0.39 is 0 Å². The second-order valence-corrected chi connectivity index (χ2v) is 5.10. The molecule has 0 saturated heterocycles. The van der Waals surface area contributed by atoms with E-state index >= 15 is 0 Å². The topological polar surface area (TPSA) is 39.1 Å². The summed E-state index contributed by atoms with van der Waals surface area (Å²) in [6.45, 7) is 5.12. The summed E-state index contributed by atoms with van der Waals surface area (Å²) < 4.78 is 7.60. The first kappa shape index (κ1) is 15.6. The monoisotopic (exact) mass is 287 g/mol. The van der Waals surface area contributed by atoms with E-state index in [2.05, 4.69) is 36.0 Å². The van der Waals surface area contributed by atoms with Crippen LogP contribution in [-0.4, -0.2) is 23.9 Å². The second-order valence-electron chi connectivity index (χ2n) is 5.10. The van der Waals surface area contributed by atoms with Gasteiger partial charge in [0.1, 0.15) is 5.75 Å². The van der Waals surface area contributed by atoms with Crippen LogP contribution in [0.5, 0.6) is 5.75 Å². The smallest absolute Gasteiger partial charge is 0.123 e. The highest BCUT2D eigenvalue weighted by atomic mass is 16.5. The van der Waals surface area contributed by atoms with Crippen molar-refractivity contribution < 1.29 is 4.74 Å². The molecule has 0 amide bonds. The number of rotatable bonds is 7. The van der Waals surface area contributed by atoms with E-state index in [1.807, 2.05) is 25.2 Å². The fourth-order valence-electron chi connectivity index (χ4n) is 2.60. The molecule has 0 radical (unpaired) electrons. The minimum atomic E-state index is 0.177. The number of nitrogens with one attached hydrogen (secondary N) is 1. The molecule has 0 bridgehead atoms. The van der Waals surface area contributed by atoms with E-state index in [1.165, 1.54) is 5.69 Å². The number of hydrogen-bond acceptors (Lipinski definition) is 3. The Kier molecular flexibility index (Phi) is 5.39. The maximum absolute atomic E-state index is 5.48. The molecule has 114 valence electrons. The third-order valence-corrected chi connectivity index (χ3v) is 3.86. The quantitative estimate of drug-likeness (QED) is 0.851. The van der Waals surface area contributed by atoms with Crippen LogP contribution < -0.4 is 10.1 Å². The van der Waals surface area contributed by atoms with E-state index in [9.17, 15) is 0 Å². The van der Waals surface area contributed by atoms with Gasteiger partial charge in [-0.25, -0.2) is 0 Å². The minimum absolute atomic E-state index is 0.177. The minimum Gasteiger partial charge on any atom is -0.496 e. The normalized spacial score (nSPS) is 12.4. The first-order valence-electron chi connectivity index (χ1n) is 7.59. The number of ether oxygens (including phenoxy) is 1. The average Bonchev–Trinajstić information content (AvgIpc) is 2.94. The van der Waals surface area contributed by atoms with Crippen molar-refractivity contribution in [1.29, 1.82) is 0 Å². The van der Waals surface area contributed by atoms with Gasteiger partial charge in [0.2, 0.25) is 0 Å². The summed E-state index contributed by atoms with van der Waals surface area (Å²) in [4.78, 5) is 0. The molecule has 1 aromatic carbocycles. The van der Waals surface area contributed by atoms with Crippen LogP contribution in [0.2, 0.25) is 0 Å². The summed E-state index contributed by atoms with van der Waals surface area (Å²) in [5.41, 5.74) is 3.60. The first-order chi connectivity index (χ1) is 10.2. The van der Waals surface area contributed by atoms with Crippen molar-refractivity contribution in [3.05, 3.63) is 47.3 Å². The van der Waals surface area contributed by atoms with Gasteiger partial charge in [-0.3, -0.25) is 4.68 Å². The van der Waals surface area contributed by atoms with Crippen molar-refractivity contribution >= 4 is 0 Å². The highest BCUT2D eigenvalue weighted by Crippen LogP contribution is 2.26. The summed E-state index contributed by atoms with van der Waals surface area (Å²) in [6, 6.07) is 10.5. The number of benzene rings is 1. The van der Waals surface area contributed by atoms with Gasteiger partial charge >= 0.3 is 0 Å². The van der Waals surface area contributed by atoms with Gasteiger partial charge in [0.05, 0.1) is 25.4 Å². The standard InChI is InChI=1S/C17H25N3O/c1-5-13-11-14(6-2)20(19-13)12-16(18-3)15-9-7-8-10-17(15)21-4/h7-11,16,18H,5-6,12H2,1-4H3. The van der Waals surface area contributed by atoms with Gasteiger partial charge in [0, 0.05) is 11.3 Å². The first-order valence-corrected chi connectivity index (χ1v) is 7.59. The van der Waals surface area contributed by atoms with Crippen LogP contribution in [0, 0.1) is 0 Å². The fourth-order valence-corrected chi connectivity index (χ4v) is 2.60. The van der Waals surface area contributed by atoms with Gasteiger partial charge in [0.25, 0.3) is 0 Å². The lowest BCUT2D eigenvalue weighted by Gasteiger charge is -2.20. The van der Waals surface area contributed by atoms with Crippen molar-refractivity contribution in [1.82, 2.24) is 15.1 Å². The summed E-state index contributed by atoms with van der Waals surface area (Å²) in [5.74, 6) is 0.915. The van der Waals surface area contributed by atoms with E-state index in [0.29, 0.717) is 0 Å². The number of aromatic nitrogens is 2. The van der Waals surface area contributed by atoms with Gasteiger partial charge in [-0.1, -0.05) is 32.0 Å². The molecule has 21 heavy (non-hydrogen) atoms. The van der Waals surface area contributed by atoms with Gasteiger partial charge in [0.15, 0.2) is 0 Å². The molecule has 0 aliphatic rings. The molecule has 2 aromatic rings. The zero-order valence-corrected chi connectivity index (χ0v) is 13.4. The Labute approximate surface area is 127 Å². The molecule has 0 aliphatic heterocycles. The molecule has 4 nitrogen and oxygen atoms in total. The van der Waals surface area contributed by atoms with Gasteiger partial charge in [-0.05, 0) is 32.0 Å². The number of methoxy groups -OCH3 is 1. The van der Waals surface area contributed by atoms with Crippen LogP contribution in [0.15, 0.2) is 30.3 Å². The molecular formula is C17H25N3O. The molecule has 1 N–H and O–H groups in total. The third kappa shape index (κ3) is 3.45. The molecule has 1 aromatic heterocycles. The Balaban J connectivity index is 2.28. The van der Waals surface area contributed by atoms with Crippen LogP contribution in [-0.2, 0) is 19.4 Å². The van der Waals surface area contributed by atoms with Crippen molar-refractivity contribution in [3.63, 3.8) is 0 Å². The number of para-hydroxylation sites is 1. The van der Waals surface area contributed by atoms with Crippen molar-refractivity contribution in [2.45, 2.75) is 39.3 Å². The zero-order valence-electron chi connectivity index (χ0n) is 13.4. The number of aryl methyl sites for hydroxylation is 2. The molecule has 0 saturated carbocycles. The lowest BCUT2D eigenvalue weighted by Crippen LogP contribution is -2.24. The number of likely N-dealkylation sites (N-methyl/N-ethyl adjacent to an activating group) is 1. The third-order valence-electron chi connectivity index (χ3n) is 3.86. The van der Waals surface area contributed by atoms with Gasteiger partial charge < -0.3 is 10.1 Å². The molecular weight excluding hydrogens is 262 g/mol. The summed E-state index contributed by atoms with van der Waals surface area (Å²) in [5, 5.41) is 8.08. The maximum atomic E-state index is 5.48. The van der Waals surface area contributed by atoms with Crippen molar-refractivity contribution in [2.75, 3.05) is 14.2 Å². The Bertz CT molecular complexity index is 577. The van der Waals surface area contributed by atoms with Crippen LogP contribution in [0.1, 0.15) is 36.8 Å². The lowest BCUT2D eigenvalue weighted by atomic mass is 10.1. The Morgan fingerprint density at radius 1 is 1.24 bits per heavy atom. The molecule has 0 fully saturated rings. The number of hydrogen-bond donors (Lipinski definition) is 1. The van der Waals surface area contributed by atoms with E-state index in [4.69, 9.17) is 9.84 Å². The molecule has 4 heteroatoms. The average molecular weight is 287 g/mol. The highest BCUT2D eigenvalue weighted by Gasteiger charge is 2.16. The maximum Gasteiger partial charge on any atom is 0.123 e. The van der Waals surface area contributed by atoms with Gasteiger partial charge in [-0.15, -0.1) is 0 Å². The van der Waals surface area contributed by atoms with Crippen molar-refractivity contribution in [2.24, 2.45) is 0 Å². The van der Waals surface area contributed by atoms with Crippen LogP contribution in [0.3, 0.4) is 0 Å². The molecule has 1 unspecified atom stereocenters. The molecule has 0 aliphatic carbocycles. The van der Waals surface area contributed by atoms with Crippen LogP contribution >= 0.6 is 0 Å². The number of nitrogens with zero attached hydrogens (tertiary/aromatic N) is 2. The lowest BCUT2D eigenvalue weighted by molar-refractivity contribution is 0.388. The Hall–Kier alpha value is -1.81. The van der Waals surface area contributed by atoms with E-state index in [1.54, 1.807) is 7.11 Å². The largest absolute Gasteiger partial charge is 0.496 e. The van der Waals surface area contributed by atoms with E-state index in [-0.39, 0.29) is 6.04 Å². The highest BCUT2D eigenvalue weighted by molar-refractivity contribution is 5.35. The van der Waals surface area contributed by atoms with Gasteiger partial charge in [-0.2, -0.15) is 5.10 Å². The summed E-state index contributed by atoms with van der Waals surface area (Å²) in [6.07, 6.45) is 1.97. The predicted molar refractivity (Wildman–Crippen MR) is 85.8 cm³/mol.